The van der Waals surface area contributed by atoms with E-state index in [1.165, 1.54) is 12.1 Å². The van der Waals surface area contributed by atoms with E-state index in [0.29, 0.717) is 21.5 Å². The summed E-state index contributed by atoms with van der Waals surface area (Å²) in [5.74, 6) is 0. The highest BCUT2D eigenvalue weighted by Crippen LogP contribution is 2.35. The van der Waals surface area contributed by atoms with Gasteiger partial charge in [-0.1, -0.05) is 24.3 Å². The molecule has 0 bridgehead atoms. The van der Waals surface area contributed by atoms with Gasteiger partial charge in [0.2, 0.25) is 10.9 Å². The van der Waals surface area contributed by atoms with Crippen LogP contribution in [0.3, 0.4) is 0 Å². The lowest BCUT2D eigenvalue weighted by molar-refractivity contribution is -0.383. The van der Waals surface area contributed by atoms with Crippen LogP contribution in [0.5, 0.6) is 0 Å². The number of non-ortho nitro benzene ring substituents is 1. The summed E-state index contributed by atoms with van der Waals surface area (Å²) in [7, 11) is 0. The number of rotatable bonds is 1. The Balaban J connectivity index is 2.50. The first-order chi connectivity index (χ1) is 10.1. The second-order valence-corrected chi connectivity index (χ2v) is 4.94. The summed E-state index contributed by atoms with van der Waals surface area (Å²) < 4.78 is 0. The predicted octanol–water partition coefficient (Wildman–Crippen LogP) is 2.65. The molecule has 0 radical (unpaired) electrons. The van der Waals surface area contributed by atoms with E-state index in [0.717, 1.165) is 5.39 Å². The molecule has 0 aliphatic carbocycles. The minimum absolute atomic E-state index is 0.0624. The first-order valence-electron chi connectivity index (χ1n) is 6.31. The molecule has 0 saturated carbocycles. The maximum atomic E-state index is 12.2. The van der Waals surface area contributed by atoms with Crippen molar-refractivity contribution < 1.29 is 4.92 Å². The van der Waals surface area contributed by atoms with E-state index in [2.05, 4.69) is 0 Å². The van der Waals surface area contributed by atoms with Gasteiger partial charge in [0.05, 0.1) is 10.3 Å². The Kier molecular flexibility index (Phi) is 2.08. The van der Waals surface area contributed by atoms with Crippen molar-refractivity contribution in [1.82, 2.24) is 0 Å². The average molecular weight is 277 g/mol. The predicted molar refractivity (Wildman–Crippen MR) is 80.5 cm³/mol. The second-order valence-electron chi connectivity index (χ2n) is 4.94. The molecule has 0 amide bonds. The minimum Gasteiger partial charge on any atom is -0.285 e. The molecule has 0 saturated heterocycles. The van der Waals surface area contributed by atoms with E-state index < -0.39 is 15.8 Å². The molecule has 0 fully saturated rings. The third-order valence-electron chi connectivity index (χ3n) is 3.89. The van der Waals surface area contributed by atoms with E-state index in [-0.39, 0.29) is 11.1 Å². The van der Waals surface area contributed by atoms with E-state index in [1.807, 2.05) is 6.07 Å². The fourth-order valence-electron chi connectivity index (χ4n) is 2.99. The van der Waals surface area contributed by atoms with E-state index in [1.54, 1.807) is 24.3 Å². The molecule has 0 heterocycles. The Morgan fingerprint density at radius 3 is 2.14 bits per heavy atom. The van der Waals surface area contributed by atoms with Crippen LogP contribution in [0.4, 0.5) is 5.69 Å². The lowest BCUT2D eigenvalue weighted by Gasteiger charge is -2.09. The topological polar surface area (TPSA) is 77.3 Å². The van der Waals surface area contributed by atoms with Crippen LogP contribution in [-0.2, 0) is 0 Å². The van der Waals surface area contributed by atoms with Gasteiger partial charge in [0.1, 0.15) is 0 Å². The monoisotopic (exact) mass is 277 g/mol. The van der Waals surface area contributed by atoms with Crippen LogP contribution in [0.15, 0.2) is 52.1 Å². The summed E-state index contributed by atoms with van der Waals surface area (Å²) in [4.78, 5) is 35.1. The third-order valence-corrected chi connectivity index (χ3v) is 3.89. The van der Waals surface area contributed by atoms with Crippen molar-refractivity contribution in [3.63, 3.8) is 0 Å². The molecule has 100 valence electrons. The summed E-state index contributed by atoms with van der Waals surface area (Å²) in [6.45, 7) is 0. The van der Waals surface area contributed by atoms with Crippen molar-refractivity contribution in [2.75, 3.05) is 0 Å². The van der Waals surface area contributed by atoms with Gasteiger partial charge in [-0.15, -0.1) is 0 Å². The maximum Gasteiger partial charge on any atom is 0.277 e. The van der Waals surface area contributed by atoms with Crippen molar-refractivity contribution in [3.05, 3.63) is 73.0 Å². The summed E-state index contributed by atoms with van der Waals surface area (Å²) in [5.41, 5.74) is -1.23. The molecule has 0 aliphatic rings. The molecule has 5 heteroatoms. The number of nitrogens with zero attached hydrogens (tertiary/aromatic N) is 1. The van der Waals surface area contributed by atoms with Crippen LogP contribution >= 0.6 is 0 Å². The molecule has 4 aromatic carbocycles. The van der Waals surface area contributed by atoms with Crippen molar-refractivity contribution in [2.45, 2.75) is 0 Å². The molecule has 0 aliphatic heterocycles. The van der Waals surface area contributed by atoms with Gasteiger partial charge in [-0.05, 0) is 17.5 Å². The summed E-state index contributed by atoms with van der Waals surface area (Å²) in [6.07, 6.45) is 0. The highest BCUT2D eigenvalue weighted by Gasteiger charge is 2.20. The molecule has 0 atom stereocenters. The largest absolute Gasteiger partial charge is 0.285 e. The van der Waals surface area contributed by atoms with Crippen molar-refractivity contribution in [3.8, 4) is 0 Å². The molecule has 4 aromatic rings. The smallest absolute Gasteiger partial charge is 0.277 e. The Hall–Kier alpha value is -3.08. The number of hydrogen-bond donors (Lipinski definition) is 0. The Morgan fingerprint density at radius 2 is 1.43 bits per heavy atom. The number of nitro groups is 1. The van der Waals surface area contributed by atoms with Crippen LogP contribution < -0.4 is 10.9 Å². The quantitative estimate of drug-likeness (QED) is 0.232. The highest BCUT2D eigenvalue weighted by atomic mass is 16.6. The minimum atomic E-state index is -0.610. The number of hydrogen-bond acceptors (Lipinski definition) is 4. The van der Waals surface area contributed by atoms with Gasteiger partial charge < -0.3 is 0 Å². The van der Waals surface area contributed by atoms with Crippen LogP contribution in [-0.4, -0.2) is 4.92 Å². The van der Waals surface area contributed by atoms with E-state index in [9.17, 15) is 19.7 Å². The van der Waals surface area contributed by atoms with Gasteiger partial charge in [0, 0.05) is 27.6 Å². The Morgan fingerprint density at radius 1 is 0.762 bits per heavy atom. The molecule has 4 rings (SSSR count). The molecule has 0 N–H and O–H groups in total. The van der Waals surface area contributed by atoms with Gasteiger partial charge in [-0.3, -0.25) is 19.7 Å². The molecule has 0 spiro atoms. The molecule has 0 unspecified atom stereocenters. The van der Waals surface area contributed by atoms with Crippen molar-refractivity contribution in [1.29, 1.82) is 0 Å². The Bertz CT molecular complexity index is 1150. The molecule has 0 aromatic heterocycles. The number of benzene rings is 4. The standard InChI is InChI=1S/C16H7NO4/c18-15-10-3-1-2-8-4-5-9-12(17(20)21)7-6-11(16(15)19)14(9)13(8)10/h1-7H. The van der Waals surface area contributed by atoms with Crippen LogP contribution in [0.1, 0.15) is 0 Å². The lowest BCUT2D eigenvalue weighted by Crippen LogP contribution is -2.24. The summed E-state index contributed by atoms with van der Waals surface area (Å²) >= 11 is 0. The first kappa shape index (κ1) is 11.7. The zero-order valence-electron chi connectivity index (χ0n) is 10.6. The summed E-state index contributed by atoms with van der Waals surface area (Å²) in [6, 6.07) is 11.1. The van der Waals surface area contributed by atoms with Crippen LogP contribution in [0, 0.1) is 10.1 Å². The fourth-order valence-corrected chi connectivity index (χ4v) is 2.99. The molecular weight excluding hydrogens is 270 g/mol. The van der Waals surface area contributed by atoms with Gasteiger partial charge >= 0.3 is 0 Å². The normalized spacial score (nSPS) is 11.6. The SMILES string of the molecule is O=c1c(=O)c2ccc([N+](=O)[O-])c3ccc4cccc1c4c32. The Labute approximate surface area is 116 Å². The van der Waals surface area contributed by atoms with Crippen molar-refractivity contribution in [2.24, 2.45) is 0 Å². The van der Waals surface area contributed by atoms with Gasteiger partial charge in [0.25, 0.3) is 5.69 Å². The zero-order chi connectivity index (χ0) is 14.7. The van der Waals surface area contributed by atoms with Gasteiger partial charge in [-0.2, -0.15) is 0 Å². The van der Waals surface area contributed by atoms with E-state index in [4.69, 9.17) is 0 Å². The first-order valence-corrected chi connectivity index (χ1v) is 6.31. The fraction of sp³-hybridized carbons (Fsp3) is 0. The third kappa shape index (κ3) is 1.34. The van der Waals surface area contributed by atoms with Crippen LogP contribution in [0.25, 0.3) is 32.3 Å². The maximum absolute atomic E-state index is 12.2. The van der Waals surface area contributed by atoms with Crippen molar-refractivity contribution >= 4 is 38.0 Å². The molecule has 21 heavy (non-hydrogen) atoms. The lowest BCUT2D eigenvalue weighted by atomic mass is 9.93. The van der Waals surface area contributed by atoms with E-state index >= 15 is 0 Å². The molecule has 5 nitrogen and oxygen atoms in total. The zero-order valence-corrected chi connectivity index (χ0v) is 10.6. The second kappa shape index (κ2) is 3.73. The molecular formula is C16H7NO4. The number of nitro benzene ring substituents is 1. The van der Waals surface area contributed by atoms with Crippen LogP contribution in [0.2, 0.25) is 0 Å². The average Bonchev–Trinajstić information content (AvgIpc) is 2.50. The van der Waals surface area contributed by atoms with Gasteiger partial charge in [0.15, 0.2) is 0 Å². The highest BCUT2D eigenvalue weighted by molar-refractivity contribution is 6.24. The van der Waals surface area contributed by atoms with Gasteiger partial charge in [-0.25, -0.2) is 0 Å². The summed E-state index contributed by atoms with van der Waals surface area (Å²) in [5, 5.41) is 14.0.